The second kappa shape index (κ2) is 8.47. The number of benzene rings is 2. The first kappa shape index (κ1) is 19.8. The number of rotatable bonds is 5. The summed E-state index contributed by atoms with van der Waals surface area (Å²) >= 11 is 4.89. The summed E-state index contributed by atoms with van der Waals surface area (Å²) in [6.07, 6.45) is 0.239. The molecule has 148 valence electrons. The van der Waals surface area contributed by atoms with E-state index in [0.29, 0.717) is 18.2 Å². The number of thiazole rings is 1. The number of halogens is 1. The molecular weight excluding hydrogens is 450 g/mol. The Morgan fingerprint density at radius 2 is 1.93 bits per heavy atom. The van der Waals surface area contributed by atoms with Gasteiger partial charge in [-0.1, -0.05) is 58.4 Å². The van der Waals surface area contributed by atoms with Crippen LogP contribution in [0.3, 0.4) is 0 Å². The zero-order valence-electron chi connectivity index (χ0n) is 15.9. The van der Waals surface area contributed by atoms with Crippen LogP contribution in [0.15, 0.2) is 59.1 Å². The number of nitrogens with one attached hydrogen (secondary N) is 1. The van der Waals surface area contributed by atoms with Crippen LogP contribution in [0.25, 0.3) is 11.3 Å². The van der Waals surface area contributed by atoms with E-state index < -0.39 is 0 Å². The SMILES string of the molecule is Cc1sc(NC(=O)[C@H]2CC(=O)N(Cc3ccccc3)C2)nc1-c1ccc(Br)cc1. The molecule has 0 spiro atoms. The third kappa shape index (κ3) is 4.57. The molecule has 1 atom stereocenters. The zero-order chi connectivity index (χ0) is 20.4. The second-order valence-corrected chi connectivity index (χ2v) is 9.20. The number of hydrogen-bond donors (Lipinski definition) is 1. The summed E-state index contributed by atoms with van der Waals surface area (Å²) in [5.41, 5.74) is 2.94. The van der Waals surface area contributed by atoms with Crippen molar-refractivity contribution >= 4 is 44.2 Å². The van der Waals surface area contributed by atoms with E-state index in [-0.39, 0.29) is 24.2 Å². The Morgan fingerprint density at radius 1 is 1.21 bits per heavy atom. The number of anilines is 1. The molecule has 0 saturated carbocycles. The first-order chi connectivity index (χ1) is 14.0. The van der Waals surface area contributed by atoms with Crippen molar-refractivity contribution in [3.8, 4) is 11.3 Å². The molecule has 0 aliphatic carbocycles. The highest BCUT2D eigenvalue weighted by Gasteiger charge is 2.34. The van der Waals surface area contributed by atoms with E-state index in [0.717, 1.165) is 26.2 Å². The standard InChI is InChI=1S/C22H20BrN3O2S/c1-14-20(16-7-9-18(23)10-8-16)24-22(29-14)25-21(28)17-11-19(27)26(13-17)12-15-5-3-2-4-6-15/h2-10,17H,11-13H2,1H3,(H,24,25,28)/t17-/m0/s1. The molecule has 4 rings (SSSR count). The van der Waals surface area contributed by atoms with Gasteiger partial charge in [0.1, 0.15) is 0 Å². The van der Waals surface area contributed by atoms with Gasteiger partial charge in [-0.3, -0.25) is 9.59 Å². The molecule has 1 N–H and O–H groups in total. The summed E-state index contributed by atoms with van der Waals surface area (Å²) in [5, 5.41) is 3.48. The van der Waals surface area contributed by atoms with Gasteiger partial charge in [-0.25, -0.2) is 4.98 Å². The first-order valence-corrected chi connectivity index (χ1v) is 11.0. The van der Waals surface area contributed by atoms with Crippen LogP contribution in [-0.4, -0.2) is 28.2 Å². The Balaban J connectivity index is 1.41. The van der Waals surface area contributed by atoms with Crippen LogP contribution in [0, 0.1) is 12.8 Å². The third-order valence-corrected chi connectivity index (χ3v) is 6.36. The number of likely N-dealkylation sites (tertiary alicyclic amines) is 1. The van der Waals surface area contributed by atoms with Crippen LogP contribution in [0.4, 0.5) is 5.13 Å². The largest absolute Gasteiger partial charge is 0.338 e. The number of aryl methyl sites for hydroxylation is 1. The minimum atomic E-state index is -0.355. The number of aromatic nitrogens is 1. The molecule has 0 radical (unpaired) electrons. The third-order valence-electron chi connectivity index (χ3n) is 4.95. The fourth-order valence-corrected chi connectivity index (χ4v) is 4.54. The molecule has 5 nitrogen and oxygen atoms in total. The quantitative estimate of drug-likeness (QED) is 0.579. The predicted molar refractivity (Wildman–Crippen MR) is 119 cm³/mol. The van der Waals surface area contributed by atoms with Gasteiger partial charge in [-0.05, 0) is 24.6 Å². The summed E-state index contributed by atoms with van der Waals surface area (Å²) < 4.78 is 1.01. The Hall–Kier alpha value is -2.51. The maximum Gasteiger partial charge on any atom is 0.231 e. The normalized spacial score (nSPS) is 16.3. The van der Waals surface area contributed by atoms with Crippen LogP contribution in [-0.2, 0) is 16.1 Å². The van der Waals surface area contributed by atoms with Crippen molar-refractivity contribution in [3.05, 3.63) is 69.5 Å². The molecular formula is C22H20BrN3O2S. The molecule has 3 aromatic rings. The molecule has 7 heteroatoms. The lowest BCUT2D eigenvalue weighted by Gasteiger charge is -2.16. The van der Waals surface area contributed by atoms with Crippen molar-refractivity contribution in [2.75, 3.05) is 11.9 Å². The molecule has 29 heavy (non-hydrogen) atoms. The highest BCUT2D eigenvalue weighted by Crippen LogP contribution is 2.32. The highest BCUT2D eigenvalue weighted by molar-refractivity contribution is 9.10. The summed E-state index contributed by atoms with van der Waals surface area (Å²) in [5.74, 6) is -0.489. The van der Waals surface area contributed by atoms with E-state index in [1.54, 1.807) is 4.90 Å². The predicted octanol–water partition coefficient (Wildman–Crippen LogP) is 4.87. The van der Waals surface area contributed by atoms with E-state index in [1.807, 2.05) is 61.5 Å². The lowest BCUT2D eigenvalue weighted by Crippen LogP contribution is -2.28. The monoisotopic (exact) mass is 469 g/mol. The van der Waals surface area contributed by atoms with Gasteiger partial charge in [0, 0.05) is 34.4 Å². The van der Waals surface area contributed by atoms with Crippen molar-refractivity contribution in [2.24, 2.45) is 5.92 Å². The second-order valence-electron chi connectivity index (χ2n) is 7.08. The zero-order valence-corrected chi connectivity index (χ0v) is 18.3. The topological polar surface area (TPSA) is 62.3 Å². The average Bonchev–Trinajstić information content (AvgIpc) is 3.26. The molecule has 1 aliphatic rings. The number of carbonyl (C=O) groups excluding carboxylic acids is 2. The lowest BCUT2D eigenvalue weighted by atomic mass is 10.1. The van der Waals surface area contributed by atoms with Gasteiger partial charge < -0.3 is 10.2 Å². The van der Waals surface area contributed by atoms with E-state index in [2.05, 4.69) is 26.2 Å². The summed E-state index contributed by atoms with van der Waals surface area (Å²) in [6.45, 7) is 2.96. The average molecular weight is 470 g/mol. The van der Waals surface area contributed by atoms with E-state index in [9.17, 15) is 9.59 Å². The van der Waals surface area contributed by atoms with E-state index in [1.165, 1.54) is 11.3 Å². The molecule has 1 aliphatic heterocycles. The van der Waals surface area contributed by atoms with Gasteiger partial charge in [-0.15, -0.1) is 11.3 Å². The van der Waals surface area contributed by atoms with Gasteiger partial charge in [0.2, 0.25) is 11.8 Å². The Labute approximate surface area is 181 Å². The van der Waals surface area contributed by atoms with Crippen LogP contribution in [0.5, 0.6) is 0 Å². The number of hydrogen-bond acceptors (Lipinski definition) is 4. The molecule has 2 amide bonds. The minimum Gasteiger partial charge on any atom is -0.338 e. The molecule has 1 fully saturated rings. The summed E-state index contributed by atoms with van der Waals surface area (Å²) in [6, 6.07) is 17.8. The van der Waals surface area contributed by atoms with Crippen molar-refractivity contribution in [2.45, 2.75) is 19.9 Å². The van der Waals surface area contributed by atoms with Crippen LogP contribution in [0.2, 0.25) is 0 Å². The fraction of sp³-hybridized carbons (Fsp3) is 0.227. The number of nitrogens with zero attached hydrogens (tertiary/aromatic N) is 2. The van der Waals surface area contributed by atoms with Gasteiger partial charge >= 0.3 is 0 Å². The molecule has 1 saturated heterocycles. The fourth-order valence-electron chi connectivity index (χ4n) is 3.44. The van der Waals surface area contributed by atoms with Crippen molar-refractivity contribution in [1.29, 1.82) is 0 Å². The highest BCUT2D eigenvalue weighted by atomic mass is 79.9. The van der Waals surface area contributed by atoms with E-state index >= 15 is 0 Å². The Kier molecular flexibility index (Phi) is 5.78. The van der Waals surface area contributed by atoms with Gasteiger partial charge in [0.15, 0.2) is 5.13 Å². The molecule has 0 bridgehead atoms. The first-order valence-electron chi connectivity index (χ1n) is 9.35. The number of carbonyl (C=O) groups is 2. The van der Waals surface area contributed by atoms with Crippen molar-refractivity contribution in [3.63, 3.8) is 0 Å². The lowest BCUT2D eigenvalue weighted by molar-refractivity contribution is -0.128. The van der Waals surface area contributed by atoms with Crippen LogP contribution < -0.4 is 5.32 Å². The van der Waals surface area contributed by atoms with Crippen LogP contribution in [0.1, 0.15) is 16.9 Å². The Morgan fingerprint density at radius 3 is 2.66 bits per heavy atom. The van der Waals surface area contributed by atoms with Gasteiger partial charge in [0.05, 0.1) is 11.6 Å². The van der Waals surface area contributed by atoms with Gasteiger partial charge in [0.25, 0.3) is 0 Å². The molecule has 0 unspecified atom stereocenters. The van der Waals surface area contributed by atoms with Crippen molar-refractivity contribution in [1.82, 2.24) is 9.88 Å². The van der Waals surface area contributed by atoms with Crippen molar-refractivity contribution < 1.29 is 9.59 Å². The molecule has 2 aromatic carbocycles. The Bertz CT molecular complexity index is 1030. The maximum absolute atomic E-state index is 12.7. The van der Waals surface area contributed by atoms with E-state index in [4.69, 9.17) is 0 Å². The van der Waals surface area contributed by atoms with Gasteiger partial charge in [-0.2, -0.15) is 0 Å². The summed E-state index contributed by atoms with van der Waals surface area (Å²) in [7, 11) is 0. The number of amides is 2. The maximum atomic E-state index is 12.7. The smallest absolute Gasteiger partial charge is 0.231 e. The minimum absolute atomic E-state index is 0.0138. The molecule has 2 heterocycles. The van der Waals surface area contributed by atoms with Crippen LogP contribution >= 0.6 is 27.3 Å². The summed E-state index contributed by atoms with van der Waals surface area (Å²) in [4.78, 5) is 32.5. The molecule has 1 aromatic heterocycles.